The molecule has 0 aromatic heterocycles. The average molecular weight is 637 g/mol. The van der Waals surface area contributed by atoms with Gasteiger partial charge in [-0.3, -0.25) is 9.10 Å². The van der Waals surface area contributed by atoms with Gasteiger partial charge in [0.2, 0.25) is 0 Å². The van der Waals surface area contributed by atoms with Gasteiger partial charge in [-0.2, -0.15) is 5.10 Å². The van der Waals surface area contributed by atoms with Crippen LogP contribution < -0.4 is 19.2 Å². The van der Waals surface area contributed by atoms with E-state index in [0.717, 1.165) is 21.0 Å². The molecule has 4 rings (SSSR count). The quantitative estimate of drug-likeness (QED) is 0.161. The number of halogens is 1. The van der Waals surface area contributed by atoms with Crippen molar-refractivity contribution in [2.24, 2.45) is 5.10 Å². The molecule has 1 amide bonds. The van der Waals surface area contributed by atoms with Gasteiger partial charge in [0.15, 0.2) is 11.5 Å². The van der Waals surface area contributed by atoms with Gasteiger partial charge in [-0.05, 0) is 82.4 Å². The van der Waals surface area contributed by atoms with Crippen LogP contribution in [0.5, 0.6) is 11.5 Å². The Morgan fingerprint density at radius 3 is 2.34 bits per heavy atom. The summed E-state index contributed by atoms with van der Waals surface area (Å²) in [5, 5.41) is 4.06. The van der Waals surface area contributed by atoms with Gasteiger partial charge in [0, 0.05) is 0 Å². The molecule has 0 saturated carbocycles. The number of hydrogen-bond acceptors (Lipinski definition) is 6. The molecular formula is C31H30BrN3O5S. The molecule has 0 bridgehead atoms. The Hall–Kier alpha value is -4.15. The normalized spacial score (nSPS) is 11.3. The fraction of sp³-hybridized carbons (Fsp3) is 0.161. The van der Waals surface area contributed by atoms with E-state index >= 15 is 0 Å². The monoisotopic (exact) mass is 635 g/mol. The molecule has 0 saturated heterocycles. The maximum atomic E-state index is 13.6. The second-order valence-electron chi connectivity index (χ2n) is 9.22. The van der Waals surface area contributed by atoms with Gasteiger partial charge in [0.05, 0.1) is 28.4 Å². The summed E-state index contributed by atoms with van der Waals surface area (Å²) < 4.78 is 40.4. The first-order chi connectivity index (χ1) is 19.7. The Balaban J connectivity index is 1.51. The molecule has 1 N–H and O–H groups in total. The lowest BCUT2D eigenvalue weighted by Gasteiger charge is -2.25. The van der Waals surface area contributed by atoms with Crippen LogP contribution in [0.4, 0.5) is 5.69 Å². The largest absolute Gasteiger partial charge is 0.493 e. The first-order valence-electron chi connectivity index (χ1n) is 12.7. The number of ether oxygens (including phenoxy) is 2. The highest BCUT2D eigenvalue weighted by Crippen LogP contribution is 2.37. The van der Waals surface area contributed by atoms with E-state index in [2.05, 4.69) is 26.5 Å². The van der Waals surface area contributed by atoms with Crippen LogP contribution in [0.2, 0.25) is 0 Å². The molecule has 0 unspecified atom stereocenters. The van der Waals surface area contributed by atoms with Crippen molar-refractivity contribution in [1.82, 2.24) is 5.43 Å². The van der Waals surface area contributed by atoms with Crippen LogP contribution in [-0.2, 0) is 21.4 Å². The van der Waals surface area contributed by atoms with Crippen molar-refractivity contribution in [2.75, 3.05) is 18.0 Å². The SMILES string of the molecule is COc1cc(/C=N\NC(=O)CN(c2cc(C)ccc2C)S(=O)(=O)c2ccccc2)cc(Br)c1OCc1ccccc1. The molecule has 0 spiro atoms. The smallest absolute Gasteiger partial charge is 0.264 e. The van der Waals surface area contributed by atoms with Crippen LogP contribution in [0.25, 0.3) is 0 Å². The first kappa shape index (κ1) is 29.8. The minimum Gasteiger partial charge on any atom is -0.493 e. The molecule has 0 aliphatic heterocycles. The summed E-state index contributed by atoms with van der Waals surface area (Å²) in [6, 6.07) is 26.8. The van der Waals surface area contributed by atoms with Crippen molar-refractivity contribution in [1.29, 1.82) is 0 Å². The molecule has 0 aliphatic carbocycles. The molecule has 41 heavy (non-hydrogen) atoms. The second kappa shape index (κ2) is 13.5. The number of carbonyl (C=O) groups is 1. The number of methoxy groups -OCH3 is 1. The summed E-state index contributed by atoms with van der Waals surface area (Å²) in [7, 11) is -2.49. The van der Waals surface area contributed by atoms with Crippen molar-refractivity contribution in [2.45, 2.75) is 25.3 Å². The Morgan fingerprint density at radius 2 is 1.66 bits per heavy atom. The molecule has 0 aliphatic rings. The number of aryl methyl sites for hydroxylation is 2. The number of carbonyl (C=O) groups excluding carboxylic acids is 1. The Labute approximate surface area is 248 Å². The van der Waals surface area contributed by atoms with Crippen LogP contribution in [0.1, 0.15) is 22.3 Å². The predicted octanol–water partition coefficient (Wildman–Crippen LogP) is 6.00. The third-order valence-corrected chi connectivity index (χ3v) is 8.50. The molecule has 0 fully saturated rings. The summed E-state index contributed by atoms with van der Waals surface area (Å²) in [4.78, 5) is 13.1. The summed E-state index contributed by atoms with van der Waals surface area (Å²) in [5.74, 6) is 0.418. The highest BCUT2D eigenvalue weighted by Gasteiger charge is 2.28. The zero-order valence-corrected chi connectivity index (χ0v) is 25.3. The van der Waals surface area contributed by atoms with Crippen LogP contribution in [0.3, 0.4) is 0 Å². The molecule has 4 aromatic rings. The molecule has 10 heteroatoms. The number of hydrogen-bond donors (Lipinski definition) is 1. The number of benzene rings is 4. The van der Waals surface area contributed by atoms with E-state index < -0.39 is 22.5 Å². The van der Waals surface area contributed by atoms with Crippen LogP contribution >= 0.6 is 15.9 Å². The lowest BCUT2D eigenvalue weighted by molar-refractivity contribution is -0.119. The molecule has 212 valence electrons. The minimum atomic E-state index is -4.03. The van der Waals surface area contributed by atoms with Crippen LogP contribution in [-0.4, -0.2) is 34.2 Å². The maximum absolute atomic E-state index is 13.6. The van der Waals surface area contributed by atoms with E-state index in [1.807, 2.05) is 49.4 Å². The fourth-order valence-electron chi connectivity index (χ4n) is 4.04. The highest BCUT2D eigenvalue weighted by atomic mass is 79.9. The minimum absolute atomic E-state index is 0.0868. The summed E-state index contributed by atoms with van der Waals surface area (Å²) in [6.07, 6.45) is 1.44. The van der Waals surface area contributed by atoms with Gasteiger partial charge >= 0.3 is 0 Å². The fourth-order valence-corrected chi connectivity index (χ4v) is 6.11. The standard InChI is InChI=1S/C31H30BrN3O5S/c1-22-14-15-23(2)28(16-22)35(41(37,38)26-12-8-5-9-13-26)20-30(36)34-33-19-25-17-27(32)31(29(18-25)39-3)40-21-24-10-6-4-7-11-24/h4-19H,20-21H2,1-3H3,(H,34,36)/b33-19-. The van der Waals surface area contributed by atoms with Crippen molar-refractivity contribution >= 4 is 43.8 Å². The molecule has 0 radical (unpaired) electrons. The lowest BCUT2D eigenvalue weighted by atomic mass is 10.1. The van der Waals surface area contributed by atoms with E-state index in [1.54, 1.807) is 43.3 Å². The maximum Gasteiger partial charge on any atom is 0.264 e. The van der Waals surface area contributed by atoms with E-state index in [9.17, 15) is 13.2 Å². The van der Waals surface area contributed by atoms with E-state index in [1.165, 1.54) is 25.5 Å². The number of amides is 1. The zero-order chi connectivity index (χ0) is 29.4. The number of sulfonamides is 1. The third kappa shape index (κ3) is 7.53. The Bertz CT molecular complexity index is 1650. The highest BCUT2D eigenvalue weighted by molar-refractivity contribution is 9.10. The van der Waals surface area contributed by atoms with Gasteiger partial charge in [0.25, 0.3) is 15.9 Å². The number of anilines is 1. The molecule has 4 aromatic carbocycles. The van der Waals surface area contributed by atoms with E-state index in [-0.39, 0.29) is 4.90 Å². The summed E-state index contributed by atoms with van der Waals surface area (Å²) in [5.41, 5.74) is 6.10. The summed E-state index contributed by atoms with van der Waals surface area (Å²) in [6.45, 7) is 3.57. The Kier molecular flexibility index (Phi) is 9.80. The van der Waals surface area contributed by atoms with Crippen molar-refractivity contribution in [3.63, 3.8) is 0 Å². The number of hydrazone groups is 1. The molecular weight excluding hydrogens is 606 g/mol. The van der Waals surface area contributed by atoms with Gasteiger partial charge in [0.1, 0.15) is 13.2 Å². The molecule has 0 heterocycles. The topological polar surface area (TPSA) is 97.3 Å². The average Bonchev–Trinajstić information content (AvgIpc) is 2.97. The van der Waals surface area contributed by atoms with Crippen LogP contribution in [0, 0.1) is 13.8 Å². The van der Waals surface area contributed by atoms with Gasteiger partial charge in [-0.15, -0.1) is 0 Å². The van der Waals surface area contributed by atoms with E-state index in [0.29, 0.717) is 33.8 Å². The van der Waals surface area contributed by atoms with Crippen LogP contribution in [0.15, 0.2) is 105 Å². The third-order valence-electron chi connectivity index (χ3n) is 6.13. The number of rotatable bonds is 11. The number of nitrogens with zero attached hydrogens (tertiary/aromatic N) is 2. The van der Waals surface area contributed by atoms with Gasteiger partial charge in [-0.25, -0.2) is 13.8 Å². The first-order valence-corrected chi connectivity index (χ1v) is 14.9. The predicted molar refractivity (Wildman–Crippen MR) is 164 cm³/mol. The van der Waals surface area contributed by atoms with Gasteiger partial charge in [-0.1, -0.05) is 60.7 Å². The summed E-state index contributed by atoms with van der Waals surface area (Å²) >= 11 is 3.52. The van der Waals surface area contributed by atoms with Crippen molar-refractivity contribution < 1.29 is 22.7 Å². The number of nitrogens with one attached hydrogen (secondary N) is 1. The second-order valence-corrected chi connectivity index (χ2v) is 11.9. The van der Waals surface area contributed by atoms with Crippen molar-refractivity contribution in [3.05, 3.63) is 118 Å². The van der Waals surface area contributed by atoms with E-state index in [4.69, 9.17) is 9.47 Å². The van der Waals surface area contributed by atoms with Crippen molar-refractivity contribution in [3.8, 4) is 11.5 Å². The van der Waals surface area contributed by atoms with Gasteiger partial charge < -0.3 is 9.47 Å². The lowest BCUT2D eigenvalue weighted by Crippen LogP contribution is -2.40. The molecule has 0 atom stereocenters. The molecule has 8 nitrogen and oxygen atoms in total. The Morgan fingerprint density at radius 1 is 0.976 bits per heavy atom. The zero-order valence-electron chi connectivity index (χ0n) is 22.9.